The Hall–Kier alpha value is -0.790. The molecule has 0 aromatic carbocycles. The molecule has 0 aliphatic carbocycles. The molecule has 1 heterocycles. The summed E-state index contributed by atoms with van der Waals surface area (Å²) in [5.74, 6) is 1.50. The van der Waals surface area contributed by atoms with E-state index in [1.807, 2.05) is 11.8 Å². The molecule has 1 rings (SSSR count). The molecule has 0 saturated heterocycles. The van der Waals surface area contributed by atoms with Crippen molar-refractivity contribution >= 4 is 27.6 Å². The summed E-state index contributed by atoms with van der Waals surface area (Å²) in [6.45, 7) is 0.467. The minimum Gasteiger partial charge on any atom is -0.372 e. The van der Waals surface area contributed by atoms with Gasteiger partial charge in [0.15, 0.2) is 0 Å². The van der Waals surface area contributed by atoms with Crippen molar-refractivity contribution in [2.24, 2.45) is 0 Å². The van der Waals surface area contributed by atoms with Crippen LogP contribution in [-0.2, 0) is 10.0 Å². The lowest BCUT2D eigenvalue weighted by Crippen LogP contribution is -2.25. The van der Waals surface area contributed by atoms with Crippen molar-refractivity contribution in [3.05, 3.63) is 18.3 Å². The maximum absolute atomic E-state index is 12.1. The molecule has 1 aromatic heterocycles. The summed E-state index contributed by atoms with van der Waals surface area (Å²) in [5, 5.41) is 2.79. The molecule has 0 unspecified atom stereocenters. The lowest BCUT2D eigenvalue weighted by atomic mass is 10.2. The smallest absolute Gasteiger partial charge is 0.244 e. The molecule has 0 bridgehead atoms. The van der Waals surface area contributed by atoms with Gasteiger partial charge in [-0.1, -0.05) is 6.42 Å². The number of anilines is 1. The molecule has 108 valence electrons. The van der Waals surface area contributed by atoms with Gasteiger partial charge in [0, 0.05) is 19.8 Å². The monoisotopic (exact) mass is 303 g/mol. The zero-order chi connectivity index (χ0) is 14.1. The van der Waals surface area contributed by atoms with E-state index >= 15 is 0 Å². The Labute approximate surface area is 119 Å². The fourth-order valence-corrected chi connectivity index (χ4v) is 3.36. The zero-order valence-electron chi connectivity index (χ0n) is 11.3. The maximum Gasteiger partial charge on any atom is 0.244 e. The van der Waals surface area contributed by atoms with Gasteiger partial charge < -0.3 is 5.32 Å². The van der Waals surface area contributed by atoms with Crippen LogP contribution in [0.1, 0.15) is 19.3 Å². The third kappa shape index (κ3) is 5.38. The lowest BCUT2D eigenvalue weighted by molar-refractivity contribution is 0.576. The summed E-state index contributed by atoms with van der Waals surface area (Å²) < 4.78 is 26.8. The highest BCUT2D eigenvalue weighted by atomic mass is 32.2. The van der Waals surface area contributed by atoms with Crippen molar-refractivity contribution in [2.75, 3.05) is 30.9 Å². The number of nitrogens with one attached hydrogen (secondary N) is 2. The number of hydrogen-bond donors (Lipinski definition) is 2. The standard InChI is InChI=1S/C12H21N3O2S2/c1-13-12-11(7-6-8-14-12)19(16,17)15-9-4-3-5-10-18-2/h6-8,15H,3-5,9-10H2,1-2H3,(H,13,14). The van der Waals surface area contributed by atoms with Crippen LogP contribution in [0.2, 0.25) is 0 Å². The van der Waals surface area contributed by atoms with E-state index in [0.717, 1.165) is 25.0 Å². The summed E-state index contributed by atoms with van der Waals surface area (Å²) >= 11 is 1.81. The van der Waals surface area contributed by atoms with E-state index in [1.54, 1.807) is 25.4 Å². The molecule has 0 amide bonds. The van der Waals surface area contributed by atoms with Crippen LogP contribution in [-0.4, -0.2) is 39.0 Å². The van der Waals surface area contributed by atoms with Crippen molar-refractivity contribution in [1.29, 1.82) is 0 Å². The lowest BCUT2D eigenvalue weighted by Gasteiger charge is -2.09. The molecule has 5 nitrogen and oxygen atoms in total. The topological polar surface area (TPSA) is 71.1 Å². The zero-order valence-corrected chi connectivity index (χ0v) is 13.0. The van der Waals surface area contributed by atoms with Gasteiger partial charge in [0.1, 0.15) is 10.7 Å². The Morgan fingerprint density at radius 1 is 1.32 bits per heavy atom. The number of rotatable bonds is 9. The van der Waals surface area contributed by atoms with Gasteiger partial charge in [0.25, 0.3) is 0 Å². The Bertz CT molecular complexity index is 478. The second kappa shape index (κ2) is 8.39. The van der Waals surface area contributed by atoms with Crippen molar-refractivity contribution in [3.63, 3.8) is 0 Å². The van der Waals surface area contributed by atoms with Crippen LogP contribution in [0.15, 0.2) is 23.2 Å². The van der Waals surface area contributed by atoms with E-state index in [9.17, 15) is 8.42 Å². The maximum atomic E-state index is 12.1. The highest BCUT2D eigenvalue weighted by Gasteiger charge is 2.17. The van der Waals surface area contributed by atoms with E-state index in [4.69, 9.17) is 0 Å². The quantitative estimate of drug-likeness (QED) is 0.682. The van der Waals surface area contributed by atoms with Gasteiger partial charge in [0.2, 0.25) is 10.0 Å². The summed E-state index contributed by atoms with van der Waals surface area (Å²) in [6.07, 6.45) is 6.65. The third-order valence-electron chi connectivity index (χ3n) is 2.61. The summed E-state index contributed by atoms with van der Waals surface area (Å²) in [7, 11) is -1.82. The molecule has 0 radical (unpaired) electrons. The van der Waals surface area contributed by atoms with Gasteiger partial charge in [-0.3, -0.25) is 0 Å². The average Bonchev–Trinajstić information content (AvgIpc) is 2.42. The first kappa shape index (κ1) is 16.3. The van der Waals surface area contributed by atoms with Crippen molar-refractivity contribution in [3.8, 4) is 0 Å². The molecule has 0 aliphatic rings. The summed E-state index contributed by atoms with van der Waals surface area (Å²) in [5.41, 5.74) is 0. The van der Waals surface area contributed by atoms with E-state index in [0.29, 0.717) is 12.4 Å². The fourth-order valence-electron chi connectivity index (χ4n) is 1.63. The van der Waals surface area contributed by atoms with Crippen LogP contribution in [0.25, 0.3) is 0 Å². The Morgan fingerprint density at radius 2 is 2.11 bits per heavy atom. The van der Waals surface area contributed by atoms with Gasteiger partial charge in [-0.15, -0.1) is 0 Å². The highest BCUT2D eigenvalue weighted by molar-refractivity contribution is 7.98. The molecular weight excluding hydrogens is 282 g/mol. The molecule has 0 saturated carbocycles. The third-order valence-corrected chi connectivity index (χ3v) is 4.80. The second-order valence-electron chi connectivity index (χ2n) is 4.05. The molecule has 1 aromatic rings. The number of aromatic nitrogens is 1. The Kier molecular flexibility index (Phi) is 7.19. The van der Waals surface area contributed by atoms with Crippen LogP contribution >= 0.6 is 11.8 Å². The van der Waals surface area contributed by atoms with E-state index in [-0.39, 0.29) is 4.90 Å². The second-order valence-corrected chi connectivity index (χ2v) is 6.77. The first-order chi connectivity index (χ1) is 9.11. The summed E-state index contributed by atoms with van der Waals surface area (Å²) in [4.78, 5) is 4.20. The number of unbranched alkanes of at least 4 members (excludes halogenated alkanes) is 2. The van der Waals surface area contributed by atoms with E-state index in [1.165, 1.54) is 0 Å². The molecule has 0 spiro atoms. The molecule has 0 fully saturated rings. The number of hydrogen-bond acceptors (Lipinski definition) is 5. The number of sulfonamides is 1. The predicted octanol–water partition coefficient (Wildman–Crippen LogP) is 1.93. The van der Waals surface area contributed by atoms with E-state index < -0.39 is 10.0 Å². The molecule has 19 heavy (non-hydrogen) atoms. The van der Waals surface area contributed by atoms with E-state index in [2.05, 4.69) is 21.3 Å². The predicted molar refractivity (Wildman–Crippen MR) is 81.2 cm³/mol. The number of thioether (sulfide) groups is 1. The Balaban J connectivity index is 2.52. The number of pyridine rings is 1. The van der Waals surface area contributed by atoms with Gasteiger partial charge in [-0.2, -0.15) is 11.8 Å². The minimum atomic E-state index is -3.48. The van der Waals surface area contributed by atoms with Crippen LogP contribution in [0, 0.1) is 0 Å². The molecule has 0 atom stereocenters. The fraction of sp³-hybridized carbons (Fsp3) is 0.583. The minimum absolute atomic E-state index is 0.196. The van der Waals surface area contributed by atoms with Gasteiger partial charge in [-0.25, -0.2) is 18.1 Å². The van der Waals surface area contributed by atoms with Gasteiger partial charge >= 0.3 is 0 Å². The largest absolute Gasteiger partial charge is 0.372 e. The SMILES string of the molecule is CNc1ncccc1S(=O)(=O)NCCCCCSC. The van der Waals surface area contributed by atoms with Gasteiger partial charge in [-0.05, 0) is 37.0 Å². The molecular formula is C12H21N3O2S2. The molecule has 0 aliphatic heterocycles. The Morgan fingerprint density at radius 3 is 2.79 bits per heavy atom. The van der Waals surface area contributed by atoms with Crippen LogP contribution in [0.3, 0.4) is 0 Å². The summed E-state index contributed by atoms with van der Waals surface area (Å²) in [6, 6.07) is 3.17. The van der Waals surface area contributed by atoms with Crippen molar-refractivity contribution in [2.45, 2.75) is 24.2 Å². The van der Waals surface area contributed by atoms with Crippen LogP contribution in [0.5, 0.6) is 0 Å². The normalized spacial score (nSPS) is 11.5. The molecule has 7 heteroatoms. The molecule has 2 N–H and O–H groups in total. The van der Waals surface area contributed by atoms with Crippen LogP contribution < -0.4 is 10.0 Å². The average molecular weight is 303 g/mol. The first-order valence-corrected chi connectivity index (χ1v) is 9.11. The van der Waals surface area contributed by atoms with Crippen molar-refractivity contribution < 1.29 is 8.42 Å². The first-order valence-electron chi connectivity index (χ1n) is 6.23. The number of nitrogens with zero attached hydrogens (tertiary/aromatic N) is 1. The van der Waals surface area contributed by atoms with Gasteiger partial charge in [0.05, 0.1) is 0 Å². The van der Waals surface area contributed by atoms with Crippen molar-refractivity contribution in [1.82, 2.24) is 9.71 Å². The highest BCUT2D eigenvalue weighted by Crippen LogP contribution is 2.16. The van der Waals surface area contributed by atoms with Crippen LogP contribution in [0.4, 0.5) is 5.82 Å².